The average Bonchev–Trinajstić information content (AvgIpc) is 2.81. The molecule has 0 radical (unpaired) electrons. The van der Waals surface area contributed by atoms with Crippen LogP contribution < -0.4 is 5.32 Å². The van der Waals surface area contributed by atoms with Gasteiger partial charge in [-0.05, 0) is 45.5 Å². The van der Waals surface area contributed by atoms with Crippen molar-refractivity contribution in [2.24, 2.45) is 0 Å². The van der Waals surface area contributed by atoms with Gasteiger partial charge in [-0.2, -0.15) is 0 Å². The molecule has 1 aromatic carbocycles. The van der Waals surface area contributed by atoms with E-state index in [0.717, 1.165) is 32.7 Å². The molecule has 1 heterocycles. The Morgan fingerprint density at radius 3 is 2.79 bits per heavy atom. The SMILES string of the molecule is CC1OCCC1NCCCN(C)Cc1ccccc1. The molecule has 0 aliphatic carbocycles. The molecule has 3 heteroatoms. The minimum atomic E-state index is 0.377. The highest BCUT2D eigenvalue weighted by molar-refractivity contribution is 5.14. The lowest BCUT2D eigenvalue weighted by atomic mass is 10.1. The lowest BCUT2D eigenvalue weighted by Crippen LogP contribution is -2.36. The van der Waals surface area contributed by atoms with Crippen LogP contribution in [0.25, 0.3) is 0 Å². The summed E-state index contributed by atoms with van der Waals surface area (Å²) in [6.07, 6.45) is 2.72. The van der Waals surface area contributed by atoms with Crippen molar-refractivity contribution in [1.82, 2.24) is 10.2 Å². The first-order chi connectivity index (χ1) is 9.25. The van der Waals surface area contributed by atoms with Gasteiger partial charge in [-0.3, -0.25) is 0 Å². The predicted octanol–water partition coefficient (Wildman–Crippen LogP) is 2.28. The van der Waals surface area contributed by atoms with Crippen LogP contribution in [0.4, 0.5) is 0 Å². The van der Waals surface area contributed by atoms with Gasteiger partial charge in [0, 0.05) is 19.2 Å². The summed E-state index contributed by atoms with van der Waals surface area (Å²) in [6, 6.07) is 11.2. The number of hydrogen-bond donors (Lipinski definition) is 1. The van der Waals surface area contributed by atoms with Crippen LogP contribution in [0.5, 0.6) is 0 Å². The van der Waals surface area contributed by atoms with Crippen molar-refractivity contribution < 1.29 is 4.74 Å². The molecular formula is C16H26N2O. The number of benzene rings is 1. The summed E-state index contributed by atoms with van der Waals surface area (Å²) < 4.78 is 5.55. The van der Waals surface area contributed by atoms with Crippen LogP contribution in [0.1, 0.15) is 25.3 Å². The van der Waals surface area contributed by atoms with Gasteiger partial charge in [-0.1, -0.05) is 30.3 Å². The Labute approximate surface area is 116 Å². The number of nitrogens with one attached hydrogen (secondary N) is 1. The molecule has 3 nitrogen and oxygen atoms in total. The van der Waals surface area contributed by atoms with E-state index in [0.29, 0.717) is 12.1 Å². The van der Waals surface area contributed by atoms with Crippen molar-refractivity contribution in [2.75, 3.05) is 26.7 Å². The van der Waals surface area contributed by atoms with Gasteiger partial charge in [0.1, 0.15) is 0 Å². The lowest BCUT2D eigenvalue weighted by Gasteiger charge is -2.19. The Bertz CT molecular complexity index is 355. The molecule has 1 N–H and O–H groups in total. The summed E-state index contributed by atoms with van der Waals surface area (Å²) in [7, 11) is 2.19. The summed E-state index contributed by atoms with van der Waals surface area (Å²) >= 11 is 0. The van der Waals surface area contributed by atoms with Gasteiger partial charge < -0.3 is 15.0 Å². The summed E-state index contributed by atoms with van der Waals surface area (Å²) in [5.74, 6) is 0. The van der Waals surface area contributed by atoms with Crippen LogP contribution >= 0.6 is 0 Å². The molecule has 19 heavy (non-hydrogen) atoms. The molecular weight excluding hydrogens is 236 g/mol. The van der Waals surface area contributed by atoms with Gasteiger partial charge in [-0.25, -0.2) is 0 Å². The highest BCUT2D eigenvalue weighted by Crippen LogP contribution is 2.12. The van der Waals surface area contributed by atoms with E-state index >= 15 is 0 Å². The molecule has 0 amide bonds. The van der Waals surface area contributed by atoms with Gasteiger partial charge in [0.2, 0.25) is 0 Å². The van der Waals surface area contributed by atoms with E-state index in [-0.39, 0.29) is 0 Å². The topological polar surface area (TPSA) is 24.5 Å². The average molecular weight is 262 g/mol. The Balaban J connectivity index is 1.58. The van der Waals surface area contributed by atoms with Crippen LogP contribution in [0.3, 0.4) is 0 Å². The first-order valence-corrected chi connectivity index (χ1v) is 7.33. The molecule has 1 aliphatic rings. The third kappa shape index (κ3) is 4.94. The van der Waals surface area contributed by atoms with E-state index in [2.05, 4.69) is 54.5 Å². The first kappa shape index (κ1) is 14.5. The maximum Gasteiger partial charge on any atom is 0.0700 e. The Kier molecular flexibility index (Phi) is 5.83. The molecule has 0 aromatic heterocycles. The minimum Gasteiger partial charge on any atom is -0.377 e. The Morgan fingerprint density at radius 1 is 1.32 bits per heavy atom. The van der Waals surface area contributed by atoms with E-state index in [1.807, 2.05) is 0 Å². The number of hydrogen-bond acceptors (Lipinski definition) is 3. The zero-order chi connectivity index (χ0) is 13.5. The third-order valence-corrected chi connectivity index (χ3v) is 3.79. The van der Waals surface area contributed by atoms with Crippen LogP contribution in [-0.4, -0.2) is 43.8 Å². The molecule has 1 fully saturated rings. The second-order valence-electron chi connectivity index (χ2n) is 5.50. The van der Waals surface area contributed by atoms with Crippen molar-refractivity contribution >= 4 is 0 Å². The van der Waals surface area contributed by atoms with Gasteiger partial charge >= 0.3 is 0 Å². The fourth-order valence-electron chi connectivity index (χ4n) is 2.61. The van der Waals surface area contributed by atoms with Crippen LogP contribution in [0.15, 0.2) is 30.3 Å². The molecule has 106 valence electrons. The van der Waals surface area contributed by atoms with E-state index in [1.54, 1.807) is 0 Å². The van der Waals surface area contributed by atoms with Crippen LogP contribution in [0.2, 0.25) is 0 Å². The monoisotopic (exact) mass is 262 g/mol. The molecule has 1 aliphatic heterocycles. The fourth-order valence-corrected chi connectivity index (χ4v) is 2.61. The normalized spacial score (nSPS) is 23.1. The first-order valence-electron chi connectivity index (χ1n) is 7.33. The molecule has 2 unspecified atom stereocenters. The predicted molar refractivity (Wildman–Crippen MR) is 79.2 cm³/mol. The Morgan fingerprint density at radius 2 is 2.11 bits per heavy atom. The number of rotatable bonds is 7. The molecule has 1 aromatic rings. The van der Waals surface area contributed by atoms with E-state index < -0.39 is 0 Å². The van der Waals surface area contributed by atoms with Gasteiger partial charge in [-0.15, -0.1) is 0 Å². The number of nitrogens with zero attached hydrogens (tertiary/aromatic N) is 1. The van der Waals surface area contributed by atoms with Crippen molar-refractivity contribution in [3.05, 3.63) is 35.9 Å². The molecule has 0 saturated carbocycles. The fraction of sp³-hybridized carbons (Fsp3) is 0.625. The van der Waals surface area contributed by atoms with Crippen molar-refractivity contribution in [3.8, 4) is 0 Å². The lowest BCUT2D eigenvalue weighted by molar-refractivity contribution is 0.113. The second kappa shape index (κ2) is 7.63. The summed E-state index contributed by atoms with van der Waals surface area (Å²) in [6.45, 7) is 6.31. The van der Waals surface area contributed by atoms with Crippen LogP contribution in [0, 0.1) is 0 Å². The molecule has 0 spiro atoms. The highest BCUT2D eigenvalue weighted by atomic mass is 16.5. The molecule has 0 bridgehead atoms. The van der Waals surface area contributed by atoms with Crippen molar-refractivity contribution in [1.29, 1.82) is 0 Å². The van der Waals surface area contributed by atoms with Crippen molar-refractivity contribution in [2.45, 2.75) is 38.5 Å². The summed E-state index contributed by atoms with van der Waals surface area (Å²) in [5, 5.41) is 3.60. The third-order valence-electron chi connectivity index (χ3n) is 3.79. The highest BCUT2D eigenvalue weighted by Gasteiger charge is 2.22. The smallest absolute Gasteiger partial charge is 0.0700 e. The van der Waals surface area contributed by atoms with E-state index in [9.17, 15) is 0 Å². The van der Waals surface area contributed by atoms with Crippen LogP contribution in [-0.2, 0) is 11.3 Å². The quantitative estimate of drug-likeness (QED) is 0.763. The van der Waals surface area contributed by atoms with Gasteiger partial charge in [0.15, 0.2) is 0 Å². The maximum absolute atomic E-state index is 5.55. The number of ether oxygens (including phenoxy) is 1. The Hall–Kier alpha value is -0.900. The van der Waals surface area contributed by atoms with Crippen molar-refractivity contribution in [3.63, 3.8) is 0 Å². The van der Waals surface area contributed by atoms with Gasteiger partial charge in [0.05, 0.1) is 6.10 Å². The standard InChI is InChI=1S/C16H26N2O/c1-14-16(9-12-19-14)17-10-6-11-18(2)13-15-7-4-3-5-8-15/h3-5,7-8,14,16-17H,6,9-13H2,1-2H3. The summed E-state index contributed by atoms with van der Waals surface area (Å²) in [4.78, 5) is 2.38. The van der Waals surface area contributed by atoms with E-state index in [4.69, 9.17) is 4.74 Å². The molecule has 2 rings (SSSR count). The zero-order valence-corrected chi connectivity index (χ0v) is 12.1. The minimum absolute atomic E-state index is 0.377. The zero-order valence-electron chi connectivity index (χ0n) is 12.1. The molecule has 2 atom stereocenters. The maximum atomic E-state index is 5.55. The largest absolute Gasteiger partial charge is 0.377 e. The van der Waals surface area contributed by atoms with E-state index in [1.165, 1.54) is 12.0 Å². The molecule has 1 saturated heterocycles. The van der Waals surface area contributed by atoms with Gasteiger partial charge in [0.25, 0.3) is 0 Å². The second-order valence-corrected chi connectivity index (χ2v) is 5.50. The summed E-state index contributed by atoms with van der Waals surface area (Å²) in [5.41, 5.74) is 1.38.